The van der Waals surface area contributed by atoms with Crippen LogP contribution >= 0.6 is 0 Å². The highest BCUT2D eigenvalue weighted by molar-refractivity contribution is 5.97. The Hall–Kier alpha value is -3.75. The number of amides is 1. The van der Waals surface area contributed by atoms with Crippen molar-refractivity contribution in [3.8, 4) is 5.82 Å². The molecule has 1 aliphatic heterocycles. The van der Waals surface area contributed by atoms with Gasteiger partial charge in [-0.15, -0.1) is 0 Å². The molecule has 0 bridgehead atoms. The molecule has 3 aromatic heterocycles. The smallest absolute Gasteiger partial charge is 0.266 e. The molecule has 1 saturated heterocycles. The second-order valence-corrected chi connectivity index (χ2v) is 7.53. The van der Waals surface area contributed by atoms with E-state index in [0.717, 1.165) is 29.7 Å². The van der Waals surface area contributed by atoms with Crippen molar-refractivity contribution in [2.24, 2.45) is 0 Å². The second kappa shape index (κ2) is 7.25. The van der Waals surface area contributed by atoms with E-state index in [1.54, 1.807) is 29.4 Å². The molecule has 1 aromatic carbocycles. The zero-order valence-electron chi connectivity index (χ0n) is 16.5. The van der Waals surface area contributed by atoms with E-state index < -0.39 is 0 Å². The fraction of sp³-hybridized carbons (Fsp3) is 0.286. The van der Waals surface area contributed by atoms with E-state index in [1.165, 1.54) is 10.7 Å². The summed E-state index contributed by atoms with van der Waals surface area (Å²) < 4.78 is 3.18. The van der Waals surface area contributed by atoms with Crippen LogP contribution in [0.25, 0.3) is 16.9 Å². The van der Waals surface area contributed by atoms with Crippen molar-refractivity contribution >= 4 is 16.9 Å². The van der Waals surface area contributed by atoms with E-state index in [-0.39, 0.29) is 17.5 Å². The van der Waals surface area contributed by atoms with Crippen molar-refractivity contribution in [1.82, 2.24) is 34.2 Å². The van der Waals surface area contributed by atoms with Crippen LogP contribution in [0.1, 0.15) is 29.0 Å². The minimum Gasteiger partial charge on any atom is -0.342 e. The molecule has 0 radical (unpaired) electrons. The summed E-state index contributed by atoms with van der Waals surface area (Å²) in [7, 11) is 0. The Morgan fingerprint density at radius 3 is 3.00 bits per heavy atom. The van der Waals surface area contributed by atoms with Crippen molar-refractivity contribution in [3.63, 3.8) is 0 Å². The molecule has 1 aliphatic rings. The van der Waals surface area contributed by atoms with Gasteiger partial charge in [0.05, 0.1) is 23.6 Å². The first kappa shape index (κ1) is 18.3. The van der Waals surface area contributed by atoms with Crippen LogP contribution in [-0.2, 0) is 6.54 Å². The Labute approximate surface area is 172 Å². The summed E-state index contributed by atoms with van der Waals surface area (Å²) >= 11 is 0. The van der Waals surface area contributed by atoms with Gasteiger partial charge in [0.2, 0.25) is 0 Å². The lowest BCUT2D eigenvalue weighted by Crippen LogP contribution is -2.40. The molecule has 1 fully saturated rings. The van der Waals surface area contributed by atoms with Crippen LogP contribution in [0.3, 0.4) is 0 Å². The molecule has 1 amide bonds. The normalized spacial score (nSPS) is 16.4. The summed E-state index contributed by atoms with van der Waals surface area (Å²) in [5.74, 6) is 1.39. The van der Waals surface area contributed by atoms with E-state index in [4.69, 9.17) is 0 Å². The Morgan fingerprint density at radius 2 is 2.17 bits per heavy atom. The number of nitrogens with zero attached hydrogens (tertiary/aromatic N) is 6. The lowest BCUT2D eigenvalue weighted by Gasteiger charge is -2.25. The van der Waals surface area contributed by atoms with Gasteiger partial charge in [0, 0.05) is 30.6 Å². The van der Waals surface area contributed by atoms with E-state index in [1.807, 2.05) is 30.0 Å². The standard InChI is InChI=1S/C21H21N7O2/c1-14-23-17-5-4-15(11-18(17)24-14)21(30)27-9-2-3-16(27)12-28-20(29)7-6-19(25-28)26-10-8-22-13-26/h4-8,10-11,13,16H,2-3,9,12H2,1H3,(H,23,24). The summed E-state index contributed by atoms with van der Waals surface area (Å²) in [6.07, 6.45) is 6.80. The van der Waals surface area contributed by atoms with E-state index in [9.17, 15) is 9.59 Å². The van der Waals surface area contributed by atoms with Gasteiger partial charge < -0.3 is 9.88 Å². The highest BCUT2D eigenvalue weighted by Crippen LogP contribution is 2.23. The molecule has 4 aromatic rings. The molecule has 0 aliphatic carbocycles. The largest absolute Gasteiger partial charge is 0.342 e. The van der Waals surface area contributed by atoms with Gasteiger partial charge >= 0.3 is 0 Å². The first-order chi connectivity index (χ1) is 14.6. The number of likely N-dealkylation sites (tertiary alicyclic amines) is 1. The van der Waals surface area contributed by atoms with E-state index in [0.29, 0.717) is 24.5 Å². The maximum atomic E-state index is 13.2. The Morgan fingerprint density at radius 1 is 1.27 bits per heavy atom. The van der Waals surface area contributed by atoms with Gasteiger partial charge in [0.25, 0.3) is 11.5 Å². The quantitative estimate of drug-likeness (QED) is 0.561. The number of imidazole rings is 2. The third-order valence-electron chi connectivity index (χ3n) is 5.49. The molecular weight excluding hydrogens is 382 g/mol. The van der Waals surface area contributed by atoms with Crippen molar-refractivity contribution in [3.05, 3.63) is 70.8 Å². The average Bonchev–Trinajstić information content (AvgIpc) is 3.48. The highest BCUT2D eigenvalue weighted by atomic mass is 16.2. The van der Waals surface area contributed by atoms with Gasteiger partial charge in [-0.3, -0.25) is 14.2 Å². The number of fused-ring (bicyclic) bond motifs is 1. The Kier molecular flexibility index (Phi) is 4.42. The minimum atomic E-state index is -0.187. The van der Waals surface area contributed by atoms with Gasteiger partial charge in [-0.05, 0) is 44.0 Å². The first-order valence-electron chi connectivity index (χ1n) is 9.92. The number of carbonyl (C=O) groups is 1. The molecule has 0 saturated carbocycles. The van der Waals surface area contributed by atoms with Crippen LogP contribution in [0.2, 0.25) is 0 Å². The van der Waals surface area contributed by atoms with Gasteiger partial charge in [0.1, 0.15) is 12.2 Å². The number of hydrogen-bond donors (Lipinski definition) is 1. The number of carbonyl (C=O) groups excluding carboxylic acids is 1. The molecule has 4 heterocycles. The second-order valence-electron chi connectivity index (χ2n) is 7.53. The molecule has 9 heteroatoms. The number of aromatic amines is 1. The predicted molar refractivity (Wildman–Crippen MR) is 111 cm³/mol. The first-order valence-corrected chi connectivity index (χ1v) is 9.92. The molecule has 0 spiro atoms. The number of H-pyrrole nitrogens is 1. The maximum absolute atomic E-state index is 13.2. The minimum absolute atomic E-state index is 0.0366. The van der Waals surface area contributed by atoms with Gasteiger partial charge in [0.15, 0.2) is 5.82 Å². The third kappa shape index (κ3) is 3.28. The Bertz CT molecular complexity index is 1270. The lowest BCUT2D eigenvalue weighted by molar-refractivity contribution is 0.0720. The Balaban J connectivity index is 1.40. The molecule has 9 nitrogen and oxygen atoms in total. The van der Waals surface area contributed by atoms with Crippen molar-refractivity contribution in [2.75, 3.05) is 6.54 Å². The summed E-state index contributed by atoms with van der Waals surface area (Å²) in [5, 5.41) is 4.46. The lowest BCUT2D eigenvalue weighted by atomic mass is 10.1. The number of aromatic nitrogens is 6. The van der Waals surface area contributed by atoms with Crippen LogP contribution in [0, 0.1) is 6.92 Å². The molecule has 1 unspecified atom stereocenters. The molecular formula is C21H21N7O2. The van der Waals surface area contributed by atoms with E-state index in [2.05, 4.69) is 20.1 Å². The monoisotopic (exact) mass is 403 g/mol. The maximum Gasteiger partial charge on any atom is 0.266 e. The van der Waals surface area contributed by atoms with Gasteiger partial charge in [-0.25, -0.2) is 14.6 Å². The number of benzene rings is 1. The van der Waals surface area contributed by atoms with Crippen LogP contribution in [0.4, 0.5) is 0 Å². The number of aryl methyl sites for hydroxylation is 1. The van der Waals surface area contributed by atoms with Crippen LogP contribution in [0.15, 0.2) is 53.8 Å². The highest BCUT2D eigenvalue weighted by Gasteiger charge is 2.30. The van der Waals surface area contributed by atoms with Gasteiger partial charge in [-0.2, -0.15) is 5.10 Å². The van der Waals surface area contributed by atoms with Gasteiger partial charge in [-0.1, -0.05) is 0 Å². The number of rotatable bonds is 4. The number of nitrogens with one attached hydrogen (secondary N) is 1. The van der Waals surface area contributed by atoms with Crippen molar-refractivity contribution in [1.29, 1.82) is 0 Å². The molecule has 1 N–H and O–H groups in total. The van der Waals surface area contributed by atoms with Crippen molar-refractivity contribution < 1.29 is 4.79 Å². The topological polar surface area (TPSA) is 102 Å². The zero-order valence-corrected chi connectivity index (χ0v) is 16.5. The van der Waals surface area contributed by atoms with Crippen LogP contribution in [-0.4, -0.2) is 52.7 Å². The summed E-state index contributed by atoms with van der Waals surface area (Å²) in [6.45, 7) is 2.92. The average molecular weight is 403 g/mol. The fourth-order valence-corrected chi connectivity index (χ4v) is 4.03. The zero-order chi connectivity index (χ0) is 20.7. The predicted octanol–water partition coefficient (Wildman–Crippen LogP) is 1.92. The molecule has 30 heavy (non-hydrogen) atoms. The summed E-state index contributed by atoms with van der Waals surface area (Å²) in [5.41, 5.74) is 2.12. The van der Waals surface area contributed by atoms with Crippen LogP contribution in [0.5, 0.6) is 0 Å². The van der Waals surface area contributed by atoms with Crippen LogP contribution < -0.4 is 5.56 Å². The SMILES string of the molecule is Cc1nc2ccc(C(=O)N3CCCC3Cn3nc(-n4ccnc4)ccc3=O)cc2[nH]1. The third-order valence-corrected chi connectivity index (χ3v) is 5.49. The summed E-state index contributed by atoms with van der Waals surface area (Å²) in [4.78, 5) is 39.0. The summed E-state index contributed by atoms with van der Waals surface area (Å²) in [6, 6.07) is 8.59. The number of hydrogen-bond acceptors (Lipinski definition) is 5. The molecule has 5 rings (SSSR count). The fourth-order valence-electron chi connectivity index (χ4n) is 4.03. The van der Waals surface area contributed by atoms with E-state index >= 15 is 0 Å². The molecule has 1 atom stereocenters. The van der Waals surface area contributed by atoms with Crippen molar-refractivity contribution in [2.45, 2.75) is 32.4 Å². The molecule has 152 valence electrons.